The molecule has 0 spiro atoms. The summed E-state index contributed by atoms with van der Waals surface area (Å²) in [6.07, 6.45) is -0.645. The van der Waals surface area contributed by atoms with Crippen LogP contribution in [0.2, 0.25) is 0 Å². The van der Waals surface area contributed by atoms with E-state index >= 15 is 0 Å². The van der Waals surface area contributed by atoms with Crippen molar-refractivity contribution in [1.29, 1.82) is 0 Å². The number of likely N-dealkylation sites (tertiary alicyclic amines) is 1. The van der Waals surface area contributed by atoms with Crippen molar-refractivity contribution < 1.29 is 32.6 Å². The van der Waals surface area contributed by atoms with E-state index in [4.69, 9.17) is 4.74 Å². The quantitative estimate of drug-likeness (QED) is 0.426. The largest absolute Gasteiger partial charge is 0.444 e. The Morgan fingerprint density at radius 3 is 2.50 bits per heavy atom. The highest BCUT2D eigenvalue weighted by molar-refractivity contribution is 5.87. The Hall–Kier alpha value is -3.60. The number of aliphatic hydroxyl groups is 1. The van der Waals surface area contributed by atoms with Crippen LogP contribution in [0.1, 0.15) is 68.8 Å². The molecule has 2 atom stereocenters. The second-order valence-corrected chi connectivity index (χ2v) is 11.9. The number of aromatic nitrogens is 2. The summed E-state index contributed by atoms with van der Waals surface area (Å²) in [5.74, 6) is -1.41. The van der Waals surface area contributed by atoms with Crippen molar-refractivity contribution in [3.05, 3.63) is 52.8 Å². The third-order valence-electron chi connectivity index (χ3n) is 7.65. The molecule has 4 heterocycles. The third-order valence-corrected chi connectivity index (χ3v) is 7.65. The summed E-state index contributed by atoms with van der Waals surface area (Å²) in [5.41, 5.74) is 1.21. The molecule has 214 valence electrons. The van der Waals surface area contributed by atoms with Crippen LogP contribution in [0.3, 0.4) is 0 Å². The van der Waals surface area contributed by atoms with Crippen molar-refractivity contribution in [2.45, 2.75) is 84.0 Å². The monoisotopic (exact) mass is 558 g/mol. The van der Waals surface area contributed by atoms with Crippen LogP contribution in [-0.2, 0) is 22.6 Å². The average molecular weight is 559 g/mol. The highest BCUT2D eigenvalue weighted by Gasteiger charge is 2.57. The number of carbonyl (C=O) groups is 2. The van der Waals surface area contributed by atoms with Gasteiger partial charge in [0.15, 0.2) is 0 Å². The van der Waals surface area contributed by atoms with E-state index in [1.807, 2.05) is 31.3 Å². The average Bonchev–Trinajstić information content (AvgIpc) is 3.59. The van der Waals surface area contributed by atoms with E-state index in [1.165, 1.54) is 0 Å². The summed E-state index contributed by atoms with van der Waals surface area (Å²) >= 11 is 0. The number of halogens is 3. The molecular formula is C29H33F3N4O4. The first-order valence-corrected chi connectivity index (χ1v) is 13.2. The minimum atomic E-state index is -5.12. The molecule has 8 nitrogen and oxygen atoms in total. The van der Waals surface area contributed by atoms with Crippen LogP contribution in [0.25, 0.3) is 22.2 Å². The Kier molecular flexibility index (Phi) is 6.64. The summed E-state index contributed by atoms with van der Waals surface area (Å²) < 4.78 is 46.2. The summed E-state index contributed by atoms with van der Waals surface area (Å²) in [5, 5.41) is 11.0. The molecule has 11 heteroatoms. The number of nitrogens with one attached hydrogen (secondary N) is 1. The first-order valence-electron chi connectivity index (χ1n) is 13.2. The van der Waals surface area contributed by atoms with Crippen LogP contribution in [0, 0.1) is 6.92 Å². The molecular weight excluding hydrogens is 525 g/mol. The maximum atomic E-state index is 13.5. The topological polar surface area (TPSA) is 98.8 Å². The third kappa shape index (κ3) is 4.91. The lowest BCUT2D eigenvalue weighted by atomic mass is 9.91. The van der Waals surface area contributed by atoms with E-state index in [-0.39, 0.29) is 19.1 Å². The van der Waals surface area contributed by atoms with Crippen molar-refractivity contribution in [2.75, 3.05) is 6.54 Å². The normalized spacial score (nSPS) is 19.2. The second kappa shape index (κ2) is 9.50. The Balaban J connectivity index is 1.59. The highest BCUT2D eigenvalue weighted by atomic mass is 19.4. The molecule has 0 saturated carbocycles. The number of aryl methyl sites for hydroxylation is 1. The molecule has 0 bridgehead atoms. The number of pyridine rings is 1. The standard InChI is InChI=1S/C29H33F3N4O4/c1-16-12-33-24-20(16)11-18(13-34-24)17-9-19-14-35(25(37)28(5,39)29(30,31)32)15-22(19)21(10-17)23-7-6-8-36(23)26(38)40-27(2,3)4/h9-13,23,39H,6-8,14-15H2,1-5H3,(H,33,34)/t23-,28-/m0/s1. The van der Waals surface area contributed by atoms with Crippen LogP contribution in [0.15, 0.2) is 30.6 Å². The van der Waals surface area contributed by atoms with Crippen LogP contribution < -0.4 is 0 Å². The number of aromatic amines is 1. The van der Waals surface area contributed by atoms with E-state index in [0.717, 1.165) is 44.6 Å². The van der Waals surface area contributed by atoms with Gasteiger partial charge >= 0.3 is 12.3 Å². The first-order chi connectivity index (χ1) is 18.6. The number of carbonyl (C=O) groups excluding carboxylic acids is 2. The van der Waals surface area contributed by atoms with Gasteiger partial charge in [-0.3, -0.25) is 4.79 Å². The van der Waals surface area contributed by atoms with Gasteiger partial charge < -0.3 is 24.6 Å². The summed E-state index contributed by atoms with van der Waals surface area (Å²) in [6, 6.07) is 5.40. The maximum absolute atomic E-state index is 13.5. The lowest BCUT2D eigenvalue weighted by molar-refractivity contribution is -0.250. The zero-order valence-electron chi connectivity index (χ0n) is 23.1. The molecule has 2 aliphatic heterocycles. The molecule has 3 aromatic rings. The van der Waals surface area contributed by atoms with Crippen molar-refractivity contribution in [2.24, 2.45) is 0 Å². The van der Waals surface area contributed by atoms with Crippen LogP contribution in [0.4, 0.5) is 18.0 Å². The molecule has 0 radical (unpaired) electrons. The van der Waals surface area contributed by atoms with Gasteiger partial charge in [-0.15, -0.1) is 0 Å². The molecule has 40 heavy (non-hydrogen) atoms. The van der Waals surface area contributed by atoms with Gasteiger partial charge in [-0.2, -0.15) is 13.2 Å². The van der Waals surface area contributed by atoms with Gasteiger partial charge in [0.2, 0.25) is 5.60 Å². The molecule has 1 aromatic carbocycles. The van der Waals surface area contributed by atoms with Gasteiger partial charge in [-0.1, -0.05) is 0 Å². The van der Waals surface area contributed by atoms with E-state index < -0.39 is 29.4 Å². The van der Waals surface area contributed by atoms with Crippen LogP contribution in [0.5, 0.6) is 0 Å². The number of fused-ring (bicyclic) bond motifs is 2. The van der Waals surface area contributed by atoms with Gasteiger partial charge in [0.1, 0.15) is 11.2 Å². The number of benzene rings is 1. The highest BCUT2D eigenvalue weighted by Crippen LogP contribution is 2.42. The number of amides is 2. The van der Waals surface area contributed by atoms with Crippen LogP contribution >= 0.6 is 0 Å². The van der Waals surface area contributed by atoms with Crippen molar-refractivity contribution in [3.63, 3.8) is 0 Å². The first kappa shape index (κ1) is 27.9. The lowest BCUT2D eigenvalue weighted by Crippen LogP contribution is -2.54. The minimum absolute atomic E-state index is 0.0980. The number of hydrogen-bond donors (Lipinski definition) is 2. The number of rotatable bonds is 3. The molecule has 2 N–H and O–H groups in total. The predicted octanol–water partition coefficient (Wildman–Crippen LogP) is 5.77. The summed E-state index contributed by atoms with van der Waals surface area (Å²) in [7, 11) is 0. The van der Waals surface area contributed by atoms with Gasteiger partial charge in [-0.25, -0.2) is 9.78 Å². The van der Waals surface area contributed by atoms with Gasteiger partial charge in [0, 0.05) is 43.0 Å². The van der Waals surface area contributed by atoms with Crippen molar-refractivity contribution in [1.82, 2.24) is 19.8 Å². The molecule has 1 fully saturated rings. The predicted molar refractivity (Wildman–Crippen MR) is 142 cm³/mol. The maximum Gasteiger partial charge on any atom is 0.426 e. The Labute approximate surface area is 230 Å². The fourth-order valence-corrected chi connectivity index (χ4v) is 5.50. The van der Waals surface area contributed by atoms with E-state index in [1.54, 1.807) is 31.9 Å². The second-order valence-electron chi connectivity index (χ2n) is 11.9. The summed E-state index contributed by atoms with van der Waals surface area (Å²) in [6.45, 7) is 8.07. The molecule has 5 rings (SSSR count). The number of alkyl halides is 3. The van der Waals surface area contributed by atoms with E-state index in [9.17, 15) is 27.9 Å². The molecule has 2 aromatic heterocycles. The van der Waals surface area contributed by atoms with Gasteiger partial charge in [0.25, 0.3) is 5.91 Å². The lowest BCUT2D eigenvalue weighted by Gasteiger charge is -2.30. The summed E-state index contributed by atoms with van der Waals surface area (Å²) in [4.78, 5) is 36.4. The Morgan fingerprint density at radius 1 is 1.10 bits per heavy atom. The number of nitrogens with zero attached hydrogens (tertiary/aromatic N) is 3. The number of H-pyrrole nitrogens is 1. The van der Waals surface area contributed by atoms with Gasteiger partial charge in [0.05, 0.1) is 6.04 Å². The van der Waals surface area contributed by atoms with Crippen molar-refractivity contribution in [3.8, 4) is 11.1 Å². The van der Waals surface area contributed by atoms with E-state index in [2.05, 4.69) is 9.97 Å². The smallest absolute Gasteiger partial charge is 0.426 e. The van der Waals surface area contributed by atoms with E-state index in [0.29, 0.717) is 31.0 Å². The molecule has 2 amide bonds. The zero-order chi connectivity index (χ0) is 29.2. The molecule has 0 aliphatic carbocycles. The van der Waals surface area contributed by atoms with Crippen molar-refractivity contribution >= 4 is 23.0 Å². The number of hydrogen-bond acceptors (Lipinski definition) is 5. The zero-order valence-corrected chi connectivity index (χ0v) is 23.1. The number of ether oxygens (including phenoxy) is 1. The fraction of sp³-hybridized carbons (Fsp3) is 0.483. The fourth-order valence-electron chi connectivity index (χ4n) is 5.50. The van der Waals surface area contributed by atoms with Crippen LogP contribution in [-0.4, -0.2) is 60.8 Å². The minimum Gasteiger partial charge on any atom is -0.444 e. The molecule has 1 saturated heterocycles. The Bertz CT molecular complexity index is 1490. The Morgan fingerprint density at radius 2 is 1.82 bits per heavy atom. The SMILES string of the molecule is Cc1c[nH]c2ncc(-c3cc4c(c([C@@H]5CCCN5C(=O)OC(C)(C)C)c3)CN(C(=O)[C@](C)(O)C(F)(F)F)C4)cc12. The molecule has 0 unspecified atom stereocenters. The van der Waals surface area contributed by atoms with Gasteiger partial charge in [-0.05, 0) is 93.5 Å². The molecule has 2 aliphatic rings.